The number of carbonyl (C=O) groups is 2. The van der Waals surface area contributed by atoms with Crippen molar-refractivity contribution in [1.82, 2.24) is 5.32 Å². The standard InChI is InChI=1S/C14H16N2O7S/c1-4-7-15-13(17)9(2)23-14(18)10-5-6-12(24(3,21)22)11(8-10)16(19)20/h4-6,8-9H,1,7H2,2-3H3,(H,15,17)/t9-/m1/s1. The number of nitrogens with one attached hydrogen (secondary N) is 1. The Hall–Kier alpha value is -2.75. The Morgan fingerprint density at radius 2 is 2.08 bits per heavy atom. The Kier molecular flexibility index (Phi) is 6.18. The van der Waals surface area contributed by atoms with Gasteiger partial charge in [-0.25, -0.2) is 13.2 Å². The van der Waals surface area contributed by atoms with E-state index >= 15 is 0 Å². The molecule has 0 spiro atoms. The first-order chi connectivity index (χ1) is 11.1. The van der Waals surface area contributed by atoms with Gasteiger partial charge >= 0.3 is 5.97 Å². The number of hydrogen-bond donors (Lipinski definition) is 1. The number of nitro benzene ring substituents is 1. The van der Waals surface area contributed by atoms with Crippen molar-refractivity contribution in [3.63, 3.8) is 0 Å². The molecule has 1 aromatic rings. The molecule has 0 aliphatic rings. The highest BCUT2D eigenvalue weighted by Crippen LogP contribution is 2.25. The van der Waals surface area contributed by atoms with Crippen molar-refractivity contribution in [3.05, 3.63) is 46.5 Å². The van der Waals surface area contributed by atoms with Gasteiger partial charge in [-0.15, -0.1) is 6.58 Å². The number of rotatable bonds is 7. The number of sulfone groups is 1. The smallest absolute Gasteiger partial charge is 0.339 e. The number of nitro groups is 1. The van der Waals surface area contributed by atoms with Crippen LogP contribution in [0.15, 0.2) is 35.7 Å². The molecule has 0 bridgehead atoms. The van der Waals surface area contributed by atoms with E-state index in [2.05, 4.69) is 11.9 Å². The normalized spacial score (nSPS) is 12.1. The van der Waals surface area contributed by atoms with Crippen LogP contribution in [0.25, 0.3) is 0 Å². The molecule has 24 heavy (non-hydrogen) atoms. The van der Waals surface area contributed by atoms with Gasteiger partial charge in [-0.2, -0.15) is 0 Å². The Morgan fingerprint density at radius 3 is 2.58 bits per heavy atom. The van der Waals surface area contributed by atoms with Gasteiger partial charge in [0.05, 0.1) is 10.5 Å². The SMILES string of the molecule is C=CCNC(=O)[C@@H](C)OC(=O)c1ccc(S(C)(=O)=O)c([N+](=O)[O-])c1. The summed E-state index contributed by atoms with van der Waals surface area (Å²) in [5, 5.41) is 13.4. The monoisotopic (exact) mass is 356 g/mol. The molecule has 0 heterocycles. The van der Waals surface area contributed by atoms with Crippen LogP contribution in [0.5, 0.6) is 0 Å². The molecule has 1 N–H and O–H groups in total. The molecule has 9 nitrogen and oxygen atoms in total. The summed E-state index contributed by atoms with van der Waals surface area (Å²) in [6.07, 6.45) is 1.13. The summed E-state index contributed by atoms with van der Waals surface area (Å²) in [7, 11) is -3.84. The number of amides is 1. The van der Waals surface area contributed by atoms with Crippen LogP contribution in [0.4, 0.5) is 5.69 Å². The third kappa shape index (κ3) is 4.88. The lowest BCUT2D eigenvalue weighted by atomic mass is 10.2. The number of carbonyl (C=O) groups excluding carboxylic acids is 2. The number of esters is 1. The molecule has 1 aromatic carbocycles. The van der Waals surface area contributed by atoms with E-state index in [0.717, 1.165) is 24.5 Å². The van der Waals surface area contributed by atoms with E-state index < -0.39 is 43.3 Å². The second-order valence-corrected chi connectivity index (χ2v) is 6.78. The maximum atomic E-state index is 12.0. The summed E-state index contributed by atoms with van der Waals surface area (Å²) in [5.41, 5.74) is -0.979. The summed E-state index contributed by atoms with van der Waals surface area (Å²) in [6, 6.07) is 2.83. The van der Waals surface area contributed by atoms with Crippen molar-refractivity contribution >= 4 is 27.4 Å². The predicted octanol–water partition coefficient (Wildman–Crippen LogP) is 0.846. The topological polar surface area (TPSA) is 133 Å². The van der Waals surface area contributed by atoms with Crippen molar-refractivity contribution in [2.24, 2.45) is 0 Å². The van der Waals surface area contributed by atoms with Crippen LogP contribution in [0, 0.1) is 10.1 Å². The lowest BCUT2D eigenvalue weighted by Gasteiger charge is -2.13. The molecular weight excluding hydrogens is 340 g/mol. The van der Waals surface area contributed by atoms with Gasteiger partial charge in [-0.1, -0.05) is 6.08 Å². The quantitative estimate of drug-likeness (QED) is 0.331. The zero-order valence-corrected chi connectivity index (χ0v) is 13.8. The van der Waals surface area contributed by atoms with E-state index in [-0.39, 0.29) is 12.1 Å². The zero-order chi connectivity index (χ0) is 18.5. The number of ether oxygens (including phenoxy) is 1. The first-order valence-corrected chi connectivity index (χ1v) is 8.55. The third-order valence-corrected chi connectivity index (χ3v) is 4.01. The van der Waals surface area contributed by atoms with Gasteiger partial charge in [-0.3, -0.25) is 14.9 Å². The third-order valence-electron chi connectivity index (χ3n) is 2.86. The Morgan fingerprint density at radius 1 is 1.46 bits per heavy atom. The van der Waals surface area contributed by atoms with E-state index in [1.54, 1.807) is 0 Å². The fraction of sp³-hybridized carbons (Fsp3) is 0.286. The van der Waals surface area contributed by atoms with Crippen molar-refractivity contribution < 1.29 is 27.7 Å². The first kappa shape index (κ1) is 19.3. The fourth-order valence-corrected chi connectivity index (χ4v) is 2.53. The second-order valence-electron chi connectivity index (χ2n) is 4.79. The van der Waals surface area contributed by atoms with Crippen molar-refractivity contribution in [2.75, 3.05) is 12.8 Å². The molecule has 0 aromatic heterocycles. The highest BCUT2D eigenvalue weighted by atomic mass is 32.2. The van der Waals surface area contributed by atoms with E-state index in [1.165, 1.54) is 13.0 Å². The predicted molar refractivity (Wildman–Crippen MR) is 84.3 cm³/mol. The number of benzene rings is 1. The van der Waals surface area contributed by atoms with Gasteiger partial charge in [0.2, 0.25) is 0 Å². The van der Waals surface area contributed by atoms with Crippen LogP contribution >= 0.6 is 0 Å². The van der Waals surface area contributed by atoms with Crippen molar-refractivity contribution in [3.8, 4) is 0 Å². The number of nitrogens with zero attached hydrogens (tertiary/aromatic N) is 1. The number of hydrogen-bond acceptors (Lipinski definition) is 7. The minimum Gasteiger partial charge on any atom is -0.449 e. The minimum atomic E-state index is -3.84. The molecule has 0 radical (unpaired) electrons. The van der Waals surface area contributed by atoms with Crippen LogP contribution in [0.1, 0.15) is 17.3 Å². The van der Waals surface area contributed by atoms with E-state index in [4.69, 9.17) is 4.74 Å². The van der Waals surface area contributed by atoms with Gasteiger partial charge in [0, 0.05) is 18.9 Å². The molecule has 130 valence electrons. The average molecular weight is 356 g/mol. The van der Waals surface area contributed by atoms with Crippen molar-refractivity contribution in [1.29, 1.82) is 0 Å². The van der Waals surface area contributed by atoms with Gasteiger partial charge in [0.1, 0.15) is 4.90 Å². The molecule has 0 saturated carbocycles. The van der Waals surface area contributed by atoms with E-state index in [0.29, 0.717) is 0 Å². The summed E-state index contributed by atoms with van der Waals surface area (Å²) >= 11 is 0. The van der Waals surface area contributed by atoms with Crippen LogP contribution in [0.2, 0.25) is 0 Å². The van der Waals surface area contributed by atoms with Gasteiger partial charge < -0.3 is 10.1 Å². The summed E-state index contributed by atoms with van der Waals surface area (Å²) in [5.74, 6) is -1.55. The molecule has 0 saturated heterocycles. The summed E-state index contributed by atoms with van der Waals surface area (Å²) in [4.78, 5) is 33.2. The second kappa shape index (κ2) is 7.68. The maximum Gasteiger partial charge on any atom is 0.339 e. The van der Waals surface area contributed by atoms with Crippen LogP contribution in [0.3, 0.4) is 0 Å². The van der Waals surface area contributed by atoms with Crippen molar-refractivity contribution in [2.45, 2.75) is 17.9 Å². The average Bonchev–Trinajstić information content (AvgIpc) is 2.50. The largest absolute Gasteiger partial charge is 0.449 e. The van der Waals surface area contributed by atoms with Gasteiger partial charge in [-0.05, 0) is 19.1 Å². The zero-order valence-electron chi connectivity index (χ0n) is 13.0. The fourth-order valence-electron chi connectivity index (χ4n) is 1.70. The molecule has 0 aliphatic heterocycles. The van der Waals surface area contributed by atoms with Crippen LogP contribution in [-0.4, -0.2) is 44.1 Å². The highest BCUT2D eigenvalue weighted by molar-refractivity contribution is 7.90. The van der Waals surface area contributed by atoms with Crippen LogP contribution < -0.4 is 5.32 Å². The van der Waals surface area contributed by atoms with E-state index in [9.17, 15) is 28.1 Å². The minimum absolute atomic E-state index is 0.190. The Labute approximate surface area is 138 Å². The summed E-state index contributed by atoms with van der Waals surface area (Å²) < 4.78 is 27.9. The maximum absolute atomic E-state index is 12.0. The lowest BCUT2D eigenvalue weighted by Crippen LogP contribution is -2.35. The van der Waals surface area contributed by atoms with Crippen LogP contribution in [-0.2, 0) is 19.4 Å². The molecule has 1 atom stereocenters. The Bertz CT molecular complexity index is 786. The molecule has 0 fully saturated rings. The lowest BCUT2D eigenvalue weighted by molar-refractivity contribution is -0.387. The molecule has 1 amide bonds. The molecule has 0 unspecified atom stereocenters. The van der Waals surface area contributed by atoms with Gasteiger partial charge in [0.25, 0.3) is 11.6 Å². The highest BCUT2D eigenvalue weighted by Gasteiger charge is 2.25. The first-order valence-electron chi connectivity index (χ1n) is 6.66. The van der Waals surface area contributed by atoms with Gasteiger partial charge in [0.15, 0.2) is 15.9 Å². The van der Waals surface area contributed by atoms with E-state index in [1.807, 2.05) is 0 Å². The Balaban J connectivity index is 3.04. The molecule has 10 heteroatoms. The molecule has 0 aliphatic carbocycles. The molecular formula is C14H16N2O7S. The summed E-state index contributed by atoms with van der Waals surface area (Å²) in [6.45, 7) is 4.94. The molecule has 1 rings (SSSR count).